The smallest absolute Gasteiger partial charge is 0.269 e. The van der Waals surface area contributed by atoms with E-state index in [0.717, 1.165) is 27.6 Å². The summed E-state index contributed by atoms with van der Waals surface area (Å²) in [6.07, 6.45) is 0. The van der Waals surface area contributed by atoms with Gasteiger partial charge in [0.15, 0.2) is 0 Å². The van der Waals surface area contributed by atoms with Crippen molar-refractivity contribution < 1.29 is 4.79 Å². The number of nitrogens with one attached hydrogen (secondary N) is 1. The van der Waals surface area contributed by atoms with Gasteiger partial charge in [-0.05, 0) is 29.7 Å². The van der Waals surface area contributed by atoms with Crippen molar-refractivity contribution in [2.75, 3.05) is 7.05 Å². The van der Waals surface area contributed by atoms with E-state index >= 15 is 0 Å². The second-order valence-corrected chi connectivity index (χ2v) is 4.97. The molecular formula is C18H16N2O. The van der Waals surface area contributed by atoms with Crippen molar-refractivity contribution in [3.63, 3.8) is 0 Å². The molecule has 0 fully saturated rings. The Hall–Kier alpha value is -2.68. The van der Waals surface area contributed by atoms with E-state index < -0.39 is 0 Å². The zero-order valence-corrected chi connectivity index (χ0v) is 12.1. The van der Waals surface area contributed by atoms with Gasteiger partial charge >= 0.3 is 0 Å². The maximum Gasteiger partial charge on any atom is 0.269 e. The lowest BCUT2D eigenvalue weighted by Crippen LogP contribution is -2.19. The number of aryl methyl sites for hydroxylation is 1. The van der Waals surface area contributed by atoms with Gasteiger partial charge in [-0.1, -0.05) is 48.5 Å². The zero-order chi connectivity index (χ0) is 14.8. The van der Waals surface area contributed by atoms with E-state index in [1.807, 2.05) is 61.5 Å². The molecule has 0 aliphatic carbocycles. The Morgan fingerprint density at radius 2 is 1.81 bits per heavy atom. The van der Waals surface area contributed by atoms with Crippen LogP contribution in [0.1, 0.15) is 16.1 Å². The number of nitrogens with zero attached hydrogens (tertiary/aromatic N) is 1. The molecule has 3 aromatic rings. The molecule has 0 aliphatic rings. The van der Waals surface area contributed by atoms with Crippen LogP contribution >= 0.6 is 0 Å². The first-order valence-electron chi connectivity index (χ1n) is 6.88. The number of benzene rings is 2. The number of pyridine rings is 1. The zero-order valence-electron chi connectivity index (χ0n) is 12.1. The van der Waals surface area contributed by atoms with Gasteiger partial charge in [-0.2, -0.15) is 0 Å². The molecule has 3 rings (SSSR count). The van der Waals surface area contributed by atoms with Crippen LogP contribution in [-0.2, 0) is 0 Å². The van der Waals surface area contributed by atoms with Gasteiger partial charge in [0.25, 0.3) is 5.91 Å². The summed E-state index contributed by atoms with van der Waals surface area (Å²) in [6.45, 7) is 2.01. The minimum Gasteiger partial charge on any atom is -0.354 e. The van der Waals surface area contributed by atoms with Crippen molar-refractivity contribution in [2.45, 2.75) is 6.92 Å². The van der Waals surface area contributed by atoms with E-state index in [4.69, 9.17) is 0 Å². The maximum atomic E-state index is 12.0. The van der Waals surface area contributed by atoms with Gasteiger partial charge in [0.2, 0.25) is 0 Å². The fraction of sp³-hybridized carbons (Fsp3) is 0.111. The number of carbonyl (C=O) groups excluding carboxylic acids is 1. The monoisotopic (exact) mass is 276 g/mol. The maximum absolute atomic E-state index is 12.0. The minimum atomic E-state index is -0.169. The quantitative estimate of drug-likeness (QED) is 0.777. The molecule has 0 aliphatic heterocycles. The Kier molecular flexibility index (Phi) is 3.40. The molecule has 0 saturated carbocycles. The summed E-state index contributed by atoms with van der Waals surface area (Å²) in [7, 11) is 1.62. The Labute approximate surface area is 123 Å². The number of hydrogen-bond donors (Lipinski definition) is 1. The summed E-state index contributed by atoms with van der Waals surface area (Å²) >= 11 is 0. The van der Waals surface area contributed by atoms with Crippen molar-refractivity contribution >= 4 is 16.8 Å². The third-order valence-corrected chi connectivity index (χ3v) is 3.59. The minimum absolute atomic E-state index is 0.169. The van der Waals surface area contributed by atoms with Crippen LogP contribution in [0.4, 0.5) is 0 Å². The van der Waals surface area contributed by atoms with E-state index in [9.17, 15) is 4.79 Å². The van der Waals surface area contributed by atoms with E-state index in [1.54, 1.807) is 7.05 Å². The van der Waals surface area contributed by atoms with Crippen LogP contribution in [0.2, 0.25) is 0 Å². The highest BCUT2D eigenvalue weighted by atomic mass is 16.1. The van der Waals surface area contributed by atoms with E-state index in [-0.39, 0.29) is 5.91 Å². The molecule has 1 amide bonds. The summed E-state index contributed by atoms with van der Waals surface area (Å²) < 4.78 is 0. The van der Waals surface area contributed by atoms with Crippen LogP contribution in [0.3, 0.4) is 0 Å². The first-order chi connectivity index (χ1) is 10.2. The van der Waals surface area contributed by atoms with Crippen molar-refractivity contribution in [1.82, 2.24) is 10.3 Å². The lowest BCUT2D eigenvalue weighted by Gasteiger charge is -2.11. The standard InChI is InChI=1S/C18H16N2O/c1-12-7-6-10-14-15(13-8-4-3-5-9-13)11-16(18(21)19-2)20-17(12)14/h3-11H,1-2H3,(H,19,21). The molecule has 0 unspecified atom stereocenters. The Balaban J connectivity index is 2.36. The highest BCUT2D eigenvalue weighted by Crippen LogP contribution is 2.29. The Morgan fingerprint density at radius 3 is 2.52 bits per heavy atom. The van der Waals surface area contributed by atoms with Crippen LogP contribution in [0, 0.1) is 6.92 Å². The number of amides is 1. The van der Waals surface area contributed by atoms with Crippen LogP contribution in [0.15, 0.2) is 54.6 Å². The molecule has 3 heteroatoms. The summed E-state index contributed by atoms with van der Waals surface area (Å²) in [5.74, 6) is -0.169. The largest absolute Gasteiger partial charge is 0.354 e. The summed E-state index contributed by atoms with van der Waals surface area (Å²) in [4.78, 5) is 16.5. The molecule has 0 saturated heterocycles. The SMILES string of the molecule is CNC(=O)c1cc(-c2ccccc2)c2cccc(C)c2n1. The molecule has 104 valence electrons. The number of carbonyl (C=O) groups is 1. The third-order valence-electron chi connectivity index (χ3n) is 3.59. The highest BCUT2D eigenvalue weighted by molar-refractivity contribution is 6.02. The molecule has 0 radical (unpaired) electrons. The molecule has 1 N–H and O–H groups in total. The number of rotatable bonds is 2. The average molecular weight is 276 g/mol. The van der Waals surface area contributed by atoms with Gasteiger partial charge in [0.1, 0.15) is 5.69 Å². The van der Waals surface area contributed by atoms with E-state index in [1.165, 1.54) is 0 Å². The molecule has 1 heterocycles. The summed E-state index contributed by atoms with van der Waals surface area (Å²) in [5, 5.41) is 3.71. The second kappa shape index (κ2) is 5.37. The van der Waals surface area contributed by atoms with Crippen LogP contribution in [0.25, 0.3) is 22.0 Å². The van der Waals surface area contributed by atoms with E-state index in [0.29, 0.717) is 5.69 Å². The molecular weight excluding hydrogens is 260 g/mol. The predicted octanol–water partition coefficient (Wildman–Crippen LogP) is 3.57. The first kappa shape index (κ1) is 13.3. The van der Waals surface area contributed by atoms with Gasteiger partial charge in [-0.15, -0.1) is 0 Å². The molecule has 2 aromatic carbocycles. The molecule has 1 aromatic heterocycles. The van der Waals surface area contributed by atoms with Crippen molar-refractivity contribution in [1.29, 1.82) is 0 Å². The van der Waals surface area contributed by atoms with Gasteiger partial charge in [-0.3, -0.25) is 4.79 Å². The number of para-hydroxylation sites is 1. The molecule has 0 bridgehead atoms. The van der Waals surface area contributed by atoms with Crippen molar-refractivity contribution in [3.05, 3.63) is 65.9 Å². The van der Waals surface area contributed by atoms with Gasteiger partial charge in [0.05, 0.1) is 5.52 Å². The van der Waals surface area contributed by atoms with Crippen molar-refractivity contribution in [3.8, 4) is 11.1 Å². The van der Waals surface area contributed by atoms with Crippen LogP contribution in [-0.4, -0.2) is 17.9 Å². The van der Waals surface area contributed by atoms with Gasteiger partial charge < -0.3 is 5.32 Å². The van der Waals surface area contributed by atoms with Crippen molar-refractivity contribution in [2.24, 2.45) is 0 Å². The lowest BCUT2D eigenvalue weighted by molar-refractivity contribution is 0.0958. The summed E-state index contributed by atoms with van der Waals surface area (Å²) in [6, 6.07) is 18.0. The number of fused-ring (bicyclic) bond motifs is 1. The number of aromatic nitrogens is 1. The number of hydrogen-bond acceptors (Lipinski definition) is 2. The average Bonchev–Trinajstić information content (AvgIpc) is 2.54. The fourth-order valence-electron chi connectivity index (χ4n) is 2.49. The second-order valence-electron chi connectivity index (χ2n) is 4.97. The van der Waals surface area contributed by atoms with Gasteiger partial charge in [0, 0.05) is 12.4 Å². The van der Waals surface area contributed by atoms with E-state index in [2.05, 4.69) is 10.3 Å². The topological polar surface area (TPSA) is 42.0 Å². The third kappa shape index (κ3) is 2.38. The normalized spacial score (nSPS) is 10.6. The fourth-order valence-corrected chi connectivity index (χ4v) is 2.49. The molecule has 0 atom stereocenters. The Bertz CT molecular complexity index is 810. The predicted molar refractivity (Wildman–Crippen MR) is 85.3 cm³/mol. The Morgan fingerprint density at radius 1 is 1.05 bits per heavy atom. The van der Waals surface area contributed by atoms with Crippen LogP contribution < -0.4 is 5.32 Å². The highest BCUT2D eigenvalue weighted by Gasteiger charge is 2.13. The van der Waals surface area contributed by atoms with Gasteiger partial charge in [-0.25, -0.2) is 4.98 Å². The molecule has 21 heavy (non-hydrogen) atoms. The van der Waals surface area contributed by atoms with Crippen LogP contribution in [0.5, 0.6) is 0 Å². The molecule has 0 spiro atoms. The first-order valence-corrected chi connectivity index (χ1v) is 6.88. The molecule has 3 nitrogen and oxygen atoms in total. The summed E-state index contributed by atoms with van der Waals surface area (Å²) in [5.41, 5.74) is 4.49. The lowest BCUT2D eigenvalue weighted by atomic mass is 9.98.